The van der Waals surface area contributed by atoms with Crippen LogP contribution in [0, 0.1) is 0 Å². The molecule has 0 aromatic heterocycles. The van der Waals surface area contributed by atoms with Crippen molar-refractivity contribution < 1.29 is 14.3 Å². The van der Waals surface area contributed by atoms with Crippen molar-refractivity contribution in [1.82, 2.24) is 4.90 Å². The zero-order valence-corrected chi connectivity index (χ0v) is 6.66. The summed E-state index contributed by atoms with van der Waals surface area (Å²) in [5.41, 5.74) is 0. The van der Waals surface area contributed by atoms with Crippen molar-refractivity contribution >= 4 is 6.41 Å². The zero-order chi connectivity index (χ0) is 8.10. The van der Waals surface area contributed by atoms with Gasteiger partial charge in [0.25, 0.3) is 0 Å². The molecule has 4 nitrogen and oxygen atoms in total. The number of amides is 1. The fraction of sp³-hybridized carbons (Fsp3) is 0.857. The number of hydrogen-bond donors (Lipinski definition) is 0. The molecule has 0 aromatic carbocycles. The fourth-order valence-electron chi connectivity index (χ4n) is 1.14. The lowest BCUT2D eigenvalue weighted by atomic mass is 10.2. The van der Waals surface area contributed by atoms with Gasteiger partial charge in [0, 0.05) is 13.7 Å². The smallest absolute Gasteiger partial charge is 0.210 e. The van der Waals surface area contributed by atoms with Crippen molar-refractivity contribution in [2.75, 3.05) is 33.5 Å². The van der Waals surface area contributed by atoms with Gasteiger partial charge in [0.1, 0.15) is 0 Å². The maximum Gasteiger partial charge on any atom is 0.210 e. The van der Waals surface area contributed by atoms with E-state index in [0.717, 1.165) is 6.41 Å². The van der Waals surface area contributed by atoms with E-state index in [1.54, 1.807) is 12.0 Å². The van der Waals surface area contributed by atoms with E-state index in [9.17, 15) is 4.79 Å². The molecule has 1 atom stereocenters. The van der Waals surface area contributed by atoms with Gasteiger partial charge >= 0.3 is 0 Å². The molecule has 1 unspecified atom stereocenters. The molecule has 11 heavy (non-hydrogen) atoms. The van der Waals surface area contributed by atoms with Gasteiger partial charge in [-0.1, -0.05) is 0 Å². The average molecular weight is 159 g/mol. The van der Waals surface area contributed by atoms with Crippen LogP contribution in [-0.2, 0) is 14.3 Å². The molecule has 0 spiro atoms. The summed E-state index contributed by atoms with van der Waals surface area (Å²) in [5.74, 6) is 0. The summed E-state index contributed by atoms with van der Waals surface area (Å²) in [4.78, 5) is 12.2. The lowest BCUT2D eigenvalue weighted by Gasteiger charge is -2.31. The van der Waals surface area contributed by atoms with Crippen LogP contribution < -0.4 is 0 Å². The summed E-state index contributed by atoms with van der Waals surface area (Å²) in [5, 5.41) is 0. The van der Waals surface area contributed by atoms with E-state index in [2.05, 4.69) is 0 Å². The number of hydrogen-bond acceptors (Lipinski definition) is 3. The first-order chi connectivity index (χ1) is 5.38. The Morgan fingerprint density at radius 2 is 2.64 bits per heavy atom. The molecule has 0 N–H and O–H groups in total. The molecule has 4 heteroatoms. The highest BCUT2D eigenvalue weighted by atomic mass is 16.5. The number of methoxy groups -OCH3 is 1. The minimum atomic E-state index is 0.103. The number of carbonyl (C=O) groups is 1. The van der Waals surface area contributed by atoms with Crippen LogP contribution >= 0.6 is 0 Å². The maximum atomic E-state index is 10.5. The topological polar surface area (TPSA) is 38.8 Å². The van der Waals surface area contributed by atoms with Gasteiger partial charge in [-0.15, -0.1) is 0 Å². The zero-order valence-electron chi connectivity index (χ0n) is 6.66. The third-order valence-corrected chi connectivity index (χ3v) is 1.77. The average Bonchev–Trinajstić information content (AvgIpc) is 2.06. The largest absolute Gasteiger partial charge is 0.382 e. The highest BCUT2D eigenvalue weighted by Gasteiger charge is 2.20. The summed E-state index contributed by atoms with van der Waals surface area (Å²) in [6, 6.07) is 0.103. The standard InChI is InChI=1S/C7H13NO3/c1-10-4-7-5-11-3-2-8(7)6-9/h6-7H,2-5H2,1H3. The summed E-state index contributed by atoms with van der Waals surface area (Å²) >= 11 is 0. The second kappa shape index (κ2) is 4.31. The van der Waals surface area contributed by atoms with Crippen LogP contribution in [0.1, 0.15) is 0 Å². The van der Waals surface area contributed by atoms with E-state index in [-0.39, 0.29) is 6.04 Å². The number of rotatable bonds is 3. The molecule has 0 radical (unpaired) electrons. The van der Waals surface area contributed by atoms with Crippen LogP contribution in [0.2, 0.25) is 0 Å². The molecule has 1 heterocycles. The van der Waals surface area contributed by atoms with Crippen molar-refractivity contribution in [3.8, 4) is 0 Å². The summed E-state index contributed by atoms with van der Waals surface area (Å²) < 4.78 is 10.1. The molecular weight excluding hydrogens is 146 g/mol. The van der Waals surface area contributed by atoms with Crippen LogP contribution in [0.4, 0.5) is 0 Å². The molecule has 0 bridgehead atoms. The molecule has 0 saturated carbocycles. The van der Waals surface area contributed by atoms with Crippen molar-refractivity contribution in [1.29, 1.82) is 0 Å². The fourth-order valence-corrected chi connectivity index (χ4v) is 1.14. The predicted octanol–water partition coefficient (Wildman–Crippen LogP) is -0.510. The Morgan fingerprint density at radius 1 is 1.82 bits per heavy atom. The molecule has 1 aliphatic rings. The lowest BCUT2D eigenvalue weighted by Crippen LogP contribution is -2.46. The Kier molecular flexibility index (Phi) is 3.32. The van der Waals surface area contributed by atoms with E-state index in [4.69, 9.17) is 9.47 Å². The van der Waals surface area contributed by atoms with Gasteiger partial charge in [-0.2, -0.15) is 0 Å². The Labute approximate surface area is 66.1 Å². The van der Waals surface area contributed by atoms with Gasteiger partial charge in [-0.25, -0.2) is 0 Å². The summed E-state index contributed by atoms with van der Waals surface area (Å²) in [6.07, 6.45) is 0.853. The highest BCUT2D eigenvalue weighted by Crippen LogP contribution is 2.03. The van der Waals surface area contributed by atoms with Gasteiger partial charge in [-0.05, 0) is 0 Å². The first-order valence-electron chi connectivity index (χ1n) is 3.66. The summed E-state index contributed by atoms with van der Waals surface area (Å²) in [7, 11) is 1.62. The van der Waals surface area contributed by atoms with Gasteiger partial charge in [0.15, 0.2) is 0 Å². The quantitative estimate of drug-likeness (QED) is 0.521. The van der Waals surface area contributed by atoms with Crippen molar-refractivity contribution in [2.45, 2.75) is 6.04 Å². The van der Waals surface area contributed by atoms with Crippen LogP contribution in [0.3, 0.4) is 0 Å². The molecular formula is C7H13NO3. The SMILES string of the molecule is COCC1COCCN1C=O. The molecule has 1 aliphatic heterocycles. The monoisotopic (exact) mass is 159 g/mol. The lowest BCUT2D eigenvalue weighted by molar-refractivity contribution is -0.128. The number of ether oxygens (including phenoxy) is 2. The van der Waals surface area contributed by atoms with Crippen LogP contribution in [-0.4, -0.2) is 50.8 Å². The normalized spacial score (nSPS) is 25.2. The van der Waals surface area contributed by atoms with Crippen molar-refractivity contribution in [2.24, 2.45) is 0 Å². The summed E-state index contributed by atoms with van der Waals surface area (Å²) in [6.45, 7) is 2.46. The number of morpholine rings is 1. The van der Waals surface area contributed by atoms with Crippen LogP contribution in [0.15, 0.2) is 0 Å². The molecule has 0 aliphatic carbocycles. The molecule has 0 aromatic rings. The van der Waals surface area contributed by atoms with Gasteiger partial charge in [0.2, 0.25) is 6.41 Å². The molecule has 1 rings (SSSR count). The van der Waals surface area contributed by atoms with E-state index in [1.165, 1.54) is 0 Å². The van der Waals surface area contributed by atoms with E-state index in [0.29, 0.717) is 26.4 Å². The Morgan fingerprint density at radius 3 is 3.27 bits per heavy atom. The number of nitrogens with zero attached hydrogens (tertiary/aromatic N) is 1. The Hall–Kier alpha value is -0.610. The Balaban J connectivity index is 2.37. The van der Waals surface area contributed by atoms with E-state index in [1.807, 2.05) is 0 Å². The maximum absolute atomic E-state index is 10.5. The molecule has 1 saturated heterocycles. The minimum Gasteiger partial charge on any atom is -0.382 e. The van der Waals surface area contributed by atoms with Gasteiger partial charge in [0.05, 0.1) is 25.9 Å². The second-order valence-electron chi connectivity index (χ2n) is 2.53. The van der Waals surface area contributed by atoms with E-state index < -0.39 is 0 Å². The molecule has 64 valence electrons. The third kappa shape index (κ3) is 2.17. The highest BCUT2D eigenvalue weighted by molar-refractivity contribution is 5.47. The van der Waals surface area contributed by atoms with Crippen molar-refractivity contribution in [3.63, 3.8) is 0 Å². The minimum absolute atomic E-state index is 0.103. The first-order valence-corrected chi connectivity index (χ1v) is 3.66. The second-order valence-corrected chi connectivity index (χ2v) is 2.53. The van der Waals surface area contributed by atoms with Crippen molar-refractivity contribution in [3.05, 3.63) is 0 Å². The van der Waals surface area contributed by atoms with Gasteiger partial charge < -0.3 is 14.4 Å². The van der Waals surface area contributed by atoms with E-state index >= 15 is 0 Å². The van der Waals surface area contributed by atoms with Crippen LogP contribution in [0.25, 0.3) is 0 Å². The molecule has 1 fully saturated rings. The molecule has 1 amide bonds. The van der Waals surface area contributed by atoms with Gasteiger partial charge in [-0.3, -0.25) is 4.79 Å². The Bertz CT molecular complexity index is 127. The predicted molar refractivity (Wildman–Crippen MR) is 39.3 cm³/mol. The number of carbonyl (C=O) groups excluding carboxylic acids is 1. The third-order valence-electron chi connectivity index (χ3n) is 1.77. The van der Waals surface area contributed by atoms with Crippen LogP contribution in [0.5, 0.6) is 0 Å². The first kappa shape index (κ1) is 8.49.